The minimum Gasteiger partial charge on any atom is -0.396 e. The van der Waals surface area contributed by atoms with Crippen LogP contribution in [0.15, 0.2) is 11.6 Å². The highest BCUT2D eigenvalue weighted by Crippen LogP contribution is 2.52. The van der Waals surface area contributed by atoms with Crippen molar-refractivity contribution in [2.24, 2.45) is 23.2 Å². The molecule has 0 aromatic rings. The second-order valence-electron chi connectivity index (χ2n) is 7.10. The molecule has 2 heteroatoms. The van der Waals surface area contributed by atoms with Gasteiger partial charge in [-0.15, -0.1) is 0 Å². The minimum absolute atomic E-state index is 0.0515. The number of hydrogen-bond donors (Lipinski definition) is 1. The Balaban J connectivity index is 2.08. The molecule has 0 unspecified atom stereocenters. The summed E-state index contributed by atoms with van der Waals surface area (Å²) in [5.74, 6) is 1.45. The van der Waals surface area contributed by atoms with E-state index in [0.29, 0.717) is 23.9 Å². The topological polar surface area (TPSA) is 29.5 Å². The molecule has 116 valence electrons. The molecule has 5 atom stereocenters. The van der Waals surface area contributed by atoms with Gasteiger partial charge in [0.05, 0.1) is 19.3 Å². The molecular formula is C18H32O2. The van der Waals surface area contributed by atoms with Gasteiger partial charge in [0.1, 0.15) is 0 Å². The lowest BCUT2D eigenvalue weighted by Crippen LogP contribution is -2.56. The van der Waals surface area contributed by atoms with Crippen LogP contribution in [0, 0.1) is 23.2 Å². The number of aliphatic hydroxyl groups excluding tert-OH is 1. The number of rotatable bonds is 6. The maximum atomic E-state index is 9.94. The first-order chi connectivity index (χ1) is 9.56. The molecule has 2 rings (SSSR count). The Morgan fingerprint density at radius 1 is 1.30 bits per heavy atom. The fraction of sp³-hybridized carbons (Fsp3) is 0.889. The lowest BCUT2D eigenvalue weighted by Gasteiger charge is -2.55. The zero-order valence-corrected chi connectivity index (χ0v) is 13.7. The van der Waals surface area contributed by atoms with Crippen LogP contribution in [0.1, 0.15) is 59.8 Å². The maximum Gasteiger partial charge on any atom is 0.0643 e. The Kier molecular flexibility index (Phi) is 5.30. The van der Waals surface area contributed by atoms with Crippen LogP contribution in [0.5, 0.6) is 0 Å². The highest BCUT2D eigenvalue weighted by Gasteiger charge is 2.52. The van der Waals surface area contributed by atoms with Crippen molar-refractivity contribution < 1.29 is 9.84 Å². The Morgan fingerprint density at radius 2 is 2.05 bits per heavy atom. The van der Waals surface area contributed by atoms with Crippen LogP contribution in [0.25, 0.3) is 0 Å². The van der Waals surface area contributed by atoms with Crippen molar-refractivity contribution in [3.63, 3.8) is 0 Å². The van der Waals surface area contributed by atoms with Gasteiger partial charge in [0, 0.05) is 11.3 Å². The van der Waals surface area contributed by atoms with Gasteiger partial charge in [0.25, 0.3) is 0 Å². The molecule has 0 aromatic heterocycles. The largest absolute Gasteiger partial charge is 0.396 e. The zero-order valence-electron chi connectivity index (χ0n) is 13.7. The third-order valence-electron chi connectivity index (χ3n) is 5.99. The van der Waals surface area contributed by atoms with E-state index in [4.69, 9.17) is 4.74 Å². The maximum absolute atomic E-state index is 9.94. The predicted octanol–water partition coefficient (Wildman–Crippen LogP) is 4.18. The van der Waals surface area contributed by atoms with Gasteiger partial charge in [-0.1, -0.05) is 58.1 Å². The van der Waals surface area contributed by atoms with E-state index in [1.165, 1.54) is 37.7 Å². The molecule has 1 saturated heterocycles. The monoisotopic (exact) mass is 280 g/mol. The molecule has 1 heterocycles. The van der Waals surface area contributed by atoms with Gasteiger partial charge >= 0.3 is 0 Å². The number of allylic oxidation sites excluding steroid dienone is 1. The van der Waals surface area contributed by atoms with Crippen molar-refractivity contribution in [1.29, 1.82) is 0 Å². The first-order valence-corrected chi connectivity index (χ1v) is 8.47. The summed E-state index contributed by atoms with van der Waals surface area (Å²) in [4.78, 5) is 0. The molecule has 2 nitrogen and oxygen atoms in total. The van der Waals surface area contributed by atoms with Gasteiger partial charge in [-0.05, 0) is 25.2 Å². The van der Waals surface area contributed by atoms with E-state index in [1.54, 1.807) is 0 Å². The Morgan fingerprint density at radius 3 is 2.70 bits per heavy atom. The molecule has 1 aliphatic heterocycles. The lowest BCUT2D eigenvalue weighted by molar-refractivity contribution is -0.164. The van der Waals surface area contributed by atoms with Crippen LogP contribution in [0.4, 0.5) is 0 Å². The number of unbranched alkanes of at least 4 members (excludes halogenated alkanes) is 3. The van der Waals surface area contributed by atoms with Gasteiger partial charge < -0.3 is 9.84 Å². The fourth-order valence-electron chi connectivity index (χ4n) is 4.45. The molecule has 20 heavy (non-hydrogen) atoms. The van der Waals surface area contributed by atoms with E-state index in [9.17, 15) is 5.11 Å². The molecule has 0 saturated carbocycles. The van der Waals surface area contributed by atoms with Crippen molar-refractivity contribution in [3.05, 3.63) is 11.6 Å². The smallest absolute Gasteiger partial charge is 0.0643 e. The average Bonchev–Trinajstić information content (AvgIpc) is 2.42. The van der Waals surface area contributed by atoms with E-state index in [1.807, 2.05) is 0 Å². The first-order valence-electron chi connectivity index (χ1n) is 8.47. The Bertz CT molecular complexity index is 349. The summed E-state index contributed by atoms with van der Waals surface area (Å²) in [7, 11) is 0. The highest BCUT2D eigenvalue weighted by atomic mass is 16.5. The molecule has 0 spiro atoms. The van der Waals surface area contributed by atoms with Crippen LogP contribution in [-0.4, -0.2) is 24.4 Å². The van der Waals surface area contributed by atoms with Gasteiger partial charge in [-0.25, -0.2) is 0 Å². The molecule has 1 fully saturated rings. The Labute approximate surface area is 124 Å². The van der Waals surface area contributed by atoms with Crippen LogP contribution in [-0.2, 0) is 4.74 Å². The summed E-state index contributed by atoms with van der Waals surface area (Å²) in [6.45, 7) is 10.0. The van der Waals surface area contributed by atoms with Crippen molar-refractivity contribution >= 4 is 0 Å². The molecule has 0 aromatic carbocycles. The normalized spacial score (nSPS) is 40.5. The standard InChI is InChI=1S/C18H32O2/c1-5-6-7-8-9-16-17-13(2)10-14(3)18(11-19,12-20-16)15(17)4/h10,14-17,19H,5-9,11-12H2,1-4H3/t14-,15-,16+,17+,18-/m0/s1. The molecule has 0 radical (unpaired) electrons. The van der Waals surface area contributed by atoms with E-state index in [2.05, 4.69) is 33.8 Å². The molecule has 1 aliphatic carbocycles. The SMILES string of the molecule is CCCCCC[C@H]1OC[C@@]2(CO)[C@@H](C)C=C(C)[C@@H]1[C@@H]2C. The zero-order chi connectivity index (χ0) is 14.8. The highest BCUT2D eigenvalue weighted by molar-refractivity contribution is 5.20. The van der Waals surface area contributed by atoms with Crippen LogP contribution >= 0.6 is 0 Å². The quantitative estimate of drug-likeness (QED) is 0.584. The summed E-state index contributed by atoms with van der Waals surface area (Å²) in [6, 6.07) is 0. The minimum atomic E-state index is -0.0515. The summed E-state index contributed by atoms with van der Waals surface area (Å²) in [5.41, 5.74) is 1.43. The third kappa shape index (κ3) is 2.69. The number of aliphatic hydroxyl groups is 1. The van der Waals surface area contributed by atoms with Gasteiger partial charge in [0.15, 0.2) is 0 Å². The lowest BCUT2D eigenvalue weighted by atomic mass is 9.56. The van der Waals surface area contributed by atoms with Gasteiger partial charge in [-0.2, -0.15) is 0 Å². The van der Waals surface area contributed by atoms with Crippen molar-refractivity contribution in [2.45, 2.75) is 65.9 Å². The average molecular weight is 280 g/mol. The van der Waals surface area contributed by atoms with Crippen LogP contribution in [0.3, 0.4) is 0 Å². The second kappa shape index (κ2) is 6.62. The van der Waals surface area contributed by atoms with Crippen molar-refractivity contribution in [1.82, 2.24) is 0 Å². The van der Waals surface area contributed by atoms with Crippen LogP contribution < -0.4 is 0 Å². The van der Waals surface area contributed by atoms with Crippen molar-refractivity contribution in [2.75, 3.05) is 13.2 Å². The number of fused-ring (bicyclic) bond motifs is 2. The Hall–Kier alpha value is -0.340. The van der Waals surface area contributed by atoms with Crippen molar-refractivity contribution in [3.8, 4) is 0 Å². The molecule has 0 amide bonds. The van der Waals surface area contributed by atoms with E-state index >= 15 is 0 Å². The van der Waals surface area contributed by atoms with Gasteiger partial charge in [-0.3, -0.25) is 0 Å². The van der Waals surface area contributed by atoms with E-state index < -0.39 is 0 Å². The van der Waals surface area contributed by atoms with E-state index in [-0.39, 0.29) is 12.0 Å². The fourth-order valence-corrected chi connectivity index (χ4v) is 4.45. The molecule has 2 aliphatic rings. The molecular weight excluding hydrogens is 248 g/mol. The third-order valence-corrected chi connectivity index (χ3v) is 5.99. The second-order valence-corrected chi connectivity index (χ2v) is 7.10. The number of ether oxygens (including phenoxy) is 1. The van der Waals surface area contributed by atoms with E-state index in [0.717, 1.165) is 6.61 Å². The predicted molar refractivity (Wildman–Crippen MR) is 83.6 cm³/mol. The summed E-state index contributed by atoms with van der Waals surface area (Å²) < 4.78 is 6.23. The molecule has 2 bridgehead atoms. The summed E-state index contributed by atoms with van der Waals surface area (Å²) in [6.07, 6.45) is 9.15. The summed E-state index contributed by atoms with van der Waals surface area (Å²) >= 11 is 0. The number of hydrogen-bond acceptors (Lipinski definition) is 2. The first kappa shape index (κ1) is 16.0. The van der Waals surface area contributed by atoms with Crippen LogP contribution in [0.2, 0.25) is 0 Å². The summed E-state index contributed by atoms with van der Waals surface area (Å²) in [5, 5.41) is 9.94. The molecule has 1 N–H and O–H groups in total. The van der Waals surface area contributed by atoms with Gasteiger partial charge in [0.2, 0.25) is 0 Å².